The average molecular weight is 402 g/mol. The summed E-state index contributed by atoms with van der Waals surface area (Å²) in [6.45, 7) is 9.21. The number of nitrogens with one attached hydrogen (secondary N) is 1. The summed E-state index contributed by atoms with van der Waals surface area (Å²) >= 11 is 0. The van der Waals surface area contributed by atoms with E-state index >= 15 is 0 Å². The van der Waals surface area contributed by atoms with E-state index in [2.05, 4.69) is 5.32 Å². The molecule has 156 valence electrons. The highest BCUT2D eigenvalue weighted by molar-refractivity contribution is 6.03. The molecule has 0 saturated carbocycles. The van der Waals surface area contributed by atoms with Crippen molar-refractivity contribution in [2.45, 2.75) is 34.6 Å². The van der Waals surface area contributed by atoms with Gasteiger partial charge in [-0.2, -0.15) is 0 Å². The van der Waals surface area contributed by atoms with E-state index < -0.39 is 17.9 Å². The molecule has 1 aliphatic heterocycles. The van der Waals surface area contributed by atoms with Crippen LogP contribution < -0.4 is 10.2 Å². The highest BCUT2D eigenvalue weighted by Crippen LogP contribution is 2.32. The van der Waals surface area contributed by atoms with Crippen LogP contribution in [-0.2, 0) is 23.8 Å². The molecule has 0 radical (unpaired) electrons. The van der Waals surface area contributed by atoms with Crippen LogP contribution in [0.2, 0.25) is 0 Å². The standard InChI is InChI=1S/C21H26N2O6/c1-6-27-19(24)15-9-11-16(12-10-15)23-17(20(25)28-7-2)13(4)22-14(5)18(23)21(26)29-8-3/h9-12,22H,6-8H2,1-5H3. The molecular weight excluding hydrogens is 376 g/mol. The molecule has 0 atom stereocenters. The second-order valence-corrected chi connectivity index (χ2v) is 6.12. The molecule has 1 heterocycles. The van der Waals surface area contributed by atoms with Gasteiger partial charge in [0.15, 0.2) is 11.4 Å². The number of anilines is 1. The van der Waals surface area contributed by atoms with Crippen molar-refractivity contribution in [3.63, 3.8) is 0 Å². The molecule has 0 bridgehead atoms. The second-order valence-electron chi connectivity index (χ2n) is 6.12. The fourth-order valence-corrected chi connectivity index (χ4v) is 2.95. The minimum absolute atomic E-state index is 0.171. The largest absolute Gasteiger partial charge is 0.462 e. The van der Waals surface area contributed by atoms with Gasteiger partial charge in [-0.05, 0) is 58.9 Å². The number of benzene rings is 1. The normalized spacial score (nSPS) is 13.8. The van der Waals surface area contributed by atoms with Gasteiger partial charge in [-0.1, -0.05) is 0 Å². The average Bonchev–Trinajstić information content (AvgIpc) is 2.68. The lowest BCUT2D eigenvalue weighted by Gasteiger charge is -2.34. The van der Waals surface area contributed by atoms with Crippen LogP contribution in [0.25, 0.3) is 0 Å². The van der Waals surface area contributed by atoms with Crippen molar-refractivity contribution < 1.29 is 28.6 Å². The zero-order chi connectivity index (χ0) is 21.6. The van der Waals surface area contributed by atoms with Crippen LogP contribution in [0.4, 0.5) is 5.69 Å². The van der Waals surface area contributed by atoms with Gasteiger partial charge in [0.05, 0.1) is 25.4 Å². The third kappa shape index (κ3) is 4.77. The SMILES string of the molecule is CCOC(=O)C1=C(C)NC(C)=C(C(=O)OCC)N1c1ccc(C(=O)OCC)cc1. The number of hydrogen-bond donors (Lipinski definition) is 1. The highest BCUT2D eigenvalue weighted by atomic mass is 16.5. The molecule has 0 aromatic heterocycles. The van der Waals surface area contributed by atoms with Crippen LogP contribution in [0.3, 0.4) is 0 Å². The number of nitrogens with zero attached hydrogens (tertiary/aromatic N) is 1. The van der Waals surface area contributed by atoms with E-state index in [4.69, 9.17) is 14.2 Å². The van der Waals surface area contributed by atoms with Crippen molar-refractivity contribution >= 4 is 23.6 Å². The van der Waals surface area contributed by atoms with Gasteiger partial charge in [0.25, 0.3) is 0 Å². The molecule has 0 spiro atoms. The number of ether oxygens (including phenoxy) is 3. The molecule has 0 fully saturated rings. The molecule has 1 aliphatic rings. The Kier molecular flexibility index (Phi) is 7.41. The second kappa shape index (κ2) is 9.77. The number of carbonyl (C=O) groups is 3. The Morgan fingerprint density at radius 3 is 1.59 bits per heavy atom. The minimum Gasteiger partial charge on any atom is -0.462 e. The van der Waals surface area contributed by atoms with E-state index in [-0.39, 0.29) is 31.2 Å². The predicted octanol–water partition coefficient (Wildman–Crippen LogP) is 2.86. The van der Waals surface area contributed by atoms with Gasteiger partial charge in [0.2, 0.25) is 0 Å². The molecule has 29 heavy (non-hydrogen) atoms. The van der Waals surface area contributed by atoms with Crippen LogP contribution in [0, 0.1) is 0 Å². The fourth-order valence-electron chi connectivity index (χ4n) is 2.95. The first-order valence-electron chi connectivity index (χ1n) is 9.45. The molecule has 8 heteroatoms. The summed E-state index contributed by atoms with van der Waals surface area (Å²) in [7, 11) is 0. The van der Waals surface area contributed by atoms with E-state index in [0.29, 0.717) is 22.6 Å². The van der Waals surface area contributed by atoms with Crippen molar-refractivity contribution in [3.05, 3.63) is 52.6 Å². The Bertz CT molecular complexity index is 814. The third-order valence-corrected chi connectivity index (χ3v) is 4.11. The van der Waals surface area contributed by atoms with Gasteiger partial charge in [-0.3, -0.25) is 4.90 Å². The smallest absolute Gasteiger partial charge is 0.357 e. The topological polar surface area (TPSA) is 94.2 Å². The van der Waals surface area contributed by atoms with E-state index in [0.717, 1.165) is 0 Å². The molecule has 0 saturated heterocycles. The molecular formula is C21H26N2O6. The van der Waals surface area contributed by atoms with Crippen molar-refractivity contribution in [2.24, 2.45) is 0 Å². The number of esters is 3. The lowest BCUT2D eigenvalue weighted by atomic mass is 10.1. The Balaban J connectivity index is 2.57. The van der Waals surface area contributed by atoms with Crippen molar-refractivity contribution in [2.75, 3.05) is 24.7 Å². The summed E-state index contributed by atoms with van der Waals surface area (Å²) in [6, 6.07) is 6.42. The molecule has 0 aliphatic carbocycles. The molecule has 0 unspecified atom stereocenters. The predicted molar refractivity (Wildman–Crippen MR) is 107 cm³/mol. The maximum atomic E-state index is 12.7. The van der Waals surface area contributed by atoms with E-state index in [9.17, 15) is 14.4 Å². The van der Waals surface area contributed by atoms with Crippen LogP contribution >= 0.6 is 0 Å². The summed E-state index contributed by atoms with van der Waals surface area (Å²) in [4.78, 5) is 38.8. The van der Waals surface area contributed by atoms with E-state index in [1.807, 2.05) is 0 Å². The monoisotopic (exact) mass is 402 g/mol. The highest BCUT2D eigenvalue weighted by Gasteiger charge is 2.35. The van der Waals surface area contributed by atoms with Gasteiger partial charge >= 0.3 is 17.9 Å². The molecule has 1 aromatic rings. The molecule has 2 rings (SSSR count). The summed E-state index contributed by atoms with van der Waals surface area (Å²) in [5.41, 5.74) is 2.27. The third-order valence-electron chi connectivity index (χ3n) is 4.11. The summed E-state index contributed by atoms with van der Waals surface area (Å²) in [6.07, 6.45) is 0. The van der Waals surface area contributed by atoms with Crippen molar-refractivity contribution in [3.8, 4) is 0 Å². The Morgan fingerprint density at radius 1 is 0.759 bits per heavy atom. The van der Waals surface area contributed by atoms with Crippen molar-refractivity contribution in [1.29, 1.82) is 0 Å². The van der Waals surface area contributed by atoms with Gasteiger partial charge in [0.1, 0.15) is 0 Å². The molecule has 1 N–H and O–H groups in total. The first-order chi connectivity index (χ1) is 13.8. The first-order valence-corrected chi connectivity index (χ1v) is 9.45. The summed E-state index contributed by atoms with van der Waals surface area (Å²) in [5, 5.41) is 3.05. The lowest BCUT2D eigenvalue weighted by molar-refractivity contribution is -0.139. The Morgan fingerprint density at radius 2 is 1.17 bits per heavy atom. The van der Waals surface area contributed by atoms with E-state index in [1.165, 1.54) is 4.90 Å². The van der Waals surface area contributed by atoms with Crippen molar-refractivity contribution in [1.82, 2.24) is 5.32 Å². The number of allylic oxidation sites excluding steroid dienone is 2. The minimum atomic E-state index is -0.582. The van der Waals surface area contributed by atoms with Crippen LogP contribution in [-0.4, -0.2) is 37.7 Å². The summed E-state index contributed by atoms with van der Waals surface area (Å²) < 4.78 is 15.4. The van der Waals surface area contributed by atoms with Crippen LogP contribution in [0.5, 0.6) is 0 Å². The Labute approximate surface area is 170 Å². The number of rotatable bonds is 7. The lowest BCUT2D eigenvalue weighted by Crippen LogP contribution is -2.41. The number of carbonyl (C=O) groups excluding carboxylic acids is 3. The first kappa shape index (κ1) is 22.0. The van der Waals surface area contributed by atoms with Crippen LogP contribution in [0.15, 0.2) is 47.1 Å². The van der Waals surface area contributed by atoms with Crippen LogP contribution in [0.1, 0.15) is 45.0 Å². The fraction of sp³-hybridized carbons (Fsp3) is 0.381. The van der Waals surface area contributed by atoms with Gasteiger partial charge in [0, 0.05) is 17.1 Å². The molecule has 1 aromatic carbocycles. The molecule has 8 nitrogen and oxygen atoms in total. The van der Waals surface area contributed by atoms with Gasteiger partial charge in [-0.25, -0.2) is 14.4 Å². The van der Waals surface area contributed by atoms with Gasteiger partial charge < -0.3 is 19.5 Å². The summed E-state index contributed by atoms with van der Waals surface area (Å²) in [5.74, 6) is -1.61. The quantitative estimate of drug-likeness (QED) is 0.550. The van der Waals surface area contributed by atoms with E-state index in [1.54, 1.807) is 58.9 Å². The zero-order valence-corrected chi connectivity index (χ0v) is 17.3. The maximum Gasteiger partial charge on any atom is 0.357 e. The maximum absolute atomic E-state index is 12.7. The number of hydrogen-bond acceptors (Lipinski definition) is 8. The zero-order valence-electron chi connectivity index (χ0n) is 17.3. The van der Waals surface area contributed by atoms with Gasteiger partial charge in [-0.15, -0.1) is 0 Å². The Hall–Kier alpha value is -3.29. The molecule has 0 amide bonds.